The third kappa shape index (κ3) is 6.81. The third-order valence-corrected chi connectivity index (χ3v) is 13.0. The van der Waals surface area contributed by atoms with Crippen LogP contribution in [0.5, 0.6) is 0 Å². The first-order valence-corrected chi connectivity index (χ1v) is 17.7. The van der Waals surface area contributed by atoms with Gasteiger partial charge < -0.3 is 29.2 Å². The monoisotopic (exact) mass is 632 g/mol. The van der Waals surface area contributed by atoms with Gasteiger partial charge in [-0.05, 0) is 94.8 Å². The largest absolute Gasteiger partial charge is 0.456 e. The SMILES string of the molecule is CC[C@H]1CC[C@H]2C3=CC=C4CC(OC(O)C(=O)OC(C)(CC)CC)CC(OC(O)C(=O)OC(C)(CC)CC)[C@]4(C)[C@H]3CC[C@]12C. The van der Waals surface area contributed by atoms with Gasteiger partial charge in [-0.3, -0.25) is 0 Å². The van der Waals surface area contributed by atoms with Crippen molar-refractivity contribution < 1.29 is 38.7 Å². The third-order valence-electron chi connectivity index (χ3n) is 13.0. The first kappa shape index (κ1) is 36.1. The Balaban J connectivity index is 1.62. The number of esters is 2. The molecule has 0 aromatic rings. The molecule has 256 valence electrons. The van der Waals surface area contributed by atoms with Gasteiger partial charge in [-0.25, -0.2) is 9.59 Å². The topological polar surface area (TPSA) is 112 Å². The van der Waals surface area contributed by atoms with E-state index in [0.717, 1.165) is 18.4 Å². The van der Waals surface area contributed by atoms with Crippen LogP contribution in [0.4, 0.5) is 0 Å². The van der Waals surface area contributed by atoms with E-state index in [1.54, 1.807) is 0 Å². The molecule has 0 heterocycles. The van der Waals surface area contributed by atoms with Crippen molar-refractivity contribution in [1.82, 2.24) is 0 Å². The van der Waals surface area contributed by atoms with Crippen molar-refractivity contribution in [2.24, 2.45) is 28.6 Å². The van der Waals surface area contributed by atoms with E-state index in [4.69, 9.17) is 18.9 Å². The Kier molecular flexibility index (Phi) is 11.1. The molecule has 4 rings (SSSR count). The summed E-state index contributed by atoms with van der Waals surface area (Å²) < 4.78 is 23.6. The maximum absolute atomic E-state index is 13.1. The zero-order chi connectivity index (χ0) is 33.4. The lowest BCUT2D eigenvalue weighted by atomic mass is 9.49. The van der Waals surface area contributed by atoms with Gasteiger partial charge in [0.25, 0.3) is 12.6 Å². The van der Waals surface area contributed by atoms with Gasteiger partial charge in [-0.1, -0.05) is 78.2 Å². The number of ether oxygens (including phenoxy) is 4. The lowest BCUT2D eigenvalue weighted by Gasteiger charge is -2.57. The van der Waals surface area contributed by atoms with Gasteiger partial charge in [0, 0.05) is 11.8 Å². The molecule has 45 heavy (non-hydrogen) atoms. The van der Waals surface area contributed by atoms with Crippen molar-refractivity contribution in [3.63, 3.8) is 0 Å². The molecule has 8 nitrogen and oxygen atoms in total. The molecule has 8 heteroatoms. The average molecular weight is 633 g/mol. The number of hydrogen-bond donors (Lipinski definition) is 2. The van der Waals surface area contributed by atoms with E-state index in [0.29, 0.717) is 50.4 Å². The predicted octanol–water partition coefficient (Wildman–Crippen LogP) is 7.16. The fourth-order valence-corrected chi connectivity index (χ4v) is 8.91. The van der Waals surface area contributed by atoms with Crippen molar-refractivity contribution in [3.05, 3.63) is 23.3 Å². The fraction of sp³-hybridized carbons (Fsp3) is 0.838. The summed E-state index contributed by atoms with van der Waals surface area (Å²) in [7, 11) is 0. The van der Waals surface area contributed by atoms with Crippen molar-refractivity contribution in [2.75, 3.05) is 0 Å². The molecule has 0 bridgehead atoms. The Morgan fingerprint density at radius 2 is 1.40 bits per heavy atom. The summed E-state index contributed by atoms with van der Waals surface area (Å²) in [5, 5.41) is 21.9. The Hall–Kier alpha value is -1.74. The van der Waals surface area contributed by atoms with E-state index in [1.165, 1.54) is 24.8 Å². The van der Waals surface area contributed by atoms with Gasteiger partial charge in [0.15, 0.2) is 0 Å². The molecule has 4 aliphatic carbocycles. The van der Waals surface area contributed by atoms with Gasteiger partial charge in [0.05, 0.1) is 12.2 Å². The zero-order valence-electron chi connectivity index (χ0n) is 29.3. The van der Waals surface area contributed by atoms with E-state index in [-0.39, 0.29) is 11.3 Å². The second-order valence-corrected chi connectivity index (χ2v) is 15.2. The van der Waals surface area contributed by atoms with Crippen molar-refractivity contribution >= 4 is 11.9 Å². The number of carbonyl (C=O) groups is 2. The summed E-state index contributed by atoms with van der Waals surface area (Å²) in [6.07, 6.45) is 8.77. The maximum atomic E-state index is 13.1. The lowest BCUT2D eigenvalue weighted by molar-refractivity contribution is -0.233. The second kappa shape index (κ2) is 13.8. The Labute approximate surface area is 271 Å². The van der Waals surface area contributed by atoms with Crippen LogP contribution < -0.4 is 0 Å². The average Bonchev–Trinajstić information content (AvgIpc) is 3.37. The summed E-state index contributed by atoms with van der Waals surface area (Å²) in [4.78, 5) is 26.0. The van der Waals surface area contributed by atoms with Gasteiger partial charge in [-0.2, -0.15) is 0 Å². The molecule has 4 unspecified atom stereocenters. The van der Waals surface area contributed by atoms with Gasteiger partial charge in [0.1, 0.15) is 11.2 Å². The van der Waals surface area contributed by atoms with Crippen LogP contribution in [0.3, 0.4) is 0 Å². The van der Waals surface area contributed by atoms with Crippen LogP contribution in [0.15, 0.2) is 23.3 Å². The minimum absolute atomic E-state index is 0.196. The number of allylic oxidation sites excluding steroid dienone is 3. The standard InChI is InChI=1S/C37H60O8/c1-10-23-16-18-27-26-17-15-24-21-25(42-30(38)32(40)44-34(6,11-2)12-3)22-29(37(24,9)28(26)19-20-36(23,27)8)43-31(39)33(41)45-35(7,13-4)14-5/h15,17,23,25,27-31,38-39H,10-14,16,18-22H2,1-9H3/t23-,25?,27-,28-,29?,30?,31?,36+,37-/m0/s1. The van der Waals surface area contributed by atoms with E-state index in [2.05, 4.69) is 32.9 Å². The van der Waals surface area contributed by atoms with Crippen molar-refractivity contribution in [2.45, 2.75) is 169 Å². The first-order valence-electron chi connectivity index (χ1n) is 17.7. The molecular formula is C37H60O8. The summed E-state index contributed by atoms with van der Waals surface area (Å²) in [6, 6.07) is 0. The van der Waals surface area contributed by atoms with E-state index >= 15 is 0 Å². The highest BCUT2D eigenvalue weighted by Crippen LogP contribution is 2.65. The summed E-state index contributed by atoms with van der Waals surface area (Å²) in [5.74, 6) is -0.207. The Morgan fingerprint density at radius 3 is 1.93 bits per heavy atom. The van der Waals surface area contributed by atoms with Crippen LogP contribution in [0, 0.1) is 28.6 Å². The summed E-state index contributed by atoms with van der Waals surface area (Å²) >= 11 is 0. The molecule has 3 saturated carbocycles. The van der Waals surface area contributed by atoms with Gasteiger partial charge >= 0.3 is 11.9 Å². The highest BCUT2D eigenvalue weighted by molar-refractivity contribution is 5.73. The molecule has 0 aromatic carbocycles. The Morgan fingerprint density at radius 1 is 0.844 bits per heavy atom. The molecule has 0 aliphatic heterocycles. The van der Waals surface area contributed by atoms with Crippen LogP contribution >= 0.6 is 0 Å². The van der Waals surface area contributed by atoms with E-state index in [9.17, 15) is 19.8 Å². The highest BCUT2D eigenvalue weighted by atomic mass is 16.7. The number of aliphatic hydroxyl groups is 2. The summed E-state index contributed by atoms with van der Waals surface area (Å²) in [5.41, 5.74) is 0.947. The molecule has 4 aliphatic rings. The van der Waals surface area contributed by atoms with Crippen LogP contribution in [-0.4, -0.2) is 58.1 Å². The molecule has 3 fully saturated rings. The minimum Gasteiger partial charge on any atom is -0.456 e. The van der Waals surface area contributed by atoms with Crippen molar-refractivity contribution in [1.29, 1.82) is 0 Å². The molecule has 0 saturated heterocycles. The maximum Gasteiger partial charge on any atom is 0.363 e. The number of fused-ring (bicyclic) bond motifs is 5. The molecule has 0 radical (unpaired) electrons. The molecular weight excluding hydrogens is 572 g/mol. The van der Waals surface area contributed by atoms with E-state index in [1.807, 2.05) is 41.5 Å². The van der Waals surface area contributed by atoms with E-state index < -0.39 is 53.3 Å². The fourth-order valence-electron chi connectivity index (χ4n) is 8.91. The quantitative estimate of drug-likeness (QED) is 0.163. The number of carbonyl (C=O) groups excluding carboxylic acids is 2. The zero-order valence-corrected chi connectivity index (χ0v) is 29.3. The predicted molar refractivity (Wildman–Crippen MR) is 173 cm³/mol. The normalized spacial score (nSPS) is 34.4. The smallest absolute Gasteiger partial charge is 0.363 e. The van der Waals surface area contributed by atoms with Gasteiger partial charge in [0.2, 0.25) is 0 Å². The number of hydrogen-bond acceptors (Lipinski definition) is 8. The molecule has 0 amide bonds. The second-order valence-electron chi connectivity index (χ2n) is 15.2. The molecule has 0 aromatic heterocycles. The van der Waals surface area contributed by atoms with Crippen LogP contribution in [0.2, 0.25) is 0 Å². The summed E-state index contributed by atoms with van der Waals surface area (Å²) in [6.45, 7) is 18.4. The van der Waals surface area contributed by atoms with Crippen LogP contribution in [-0.2, 0) is 28.5 Å². The lowest BCUT2D eigenvalue weighted by Crippen LogP contribution is -2.55. The molecule has 2 N–H and O–H groups in total. The van der Waals surface area contributed by atoms with Crippen LogP contribution in [0.25, 0.3) is 0 Å². The van der Waals surface area contributed by atoms with Crippen molar-refractivity contribution in [3.8, 4) is 0 Å². The minimum atomic E-state index is -1.77. The number of rotatable bonds is 13. The highest BCUT2D eigenvalue weighted by Gasteiger charge is 2.59. The number of aliphatic hydroxyl groups excluding tert-OH is 2. The Bertz CT molecular complexity index is 1140. The van der Waals surface area contributed by atoms with Gasteiger partial charge in [-0.15, -0.1) is 0 Å². The molecule has 9 atom stereocenters. The first-order chi connectivity index (χ1) is 21.1. The van der Waals surface area contributed by atoms with Crippen LogP contribution in [0.1, 0.15) is 133 Å². The molecule has 0 spiro atoms.